The third-order valence-corrected chi connectivity index (χ3v) is 4.69. The van der Waals surface area contributed by atoms with Crippen molar-refractivity contribution in [3.8, 4) is 0 Å². The molecule has 0 fully saturated rings. The van der Waals surface area contributed by atoms with Crippen molar-refractivity contribution < 1.29 is 17.9 Å². The van der Waals surface area contributed by atoms with Crippen LogP contribution >= 0.6 is 0 Å². The van der Waals surface area contributed by atoms with Gasteiger partial charge in [-0.2, -0.15) is 4.31 Å². The van der Waals surface area contributed by atoms with Crippen molar-refractivity contribution in [1.29, 1.82) is 0 Å². The average Bonchev–Trinajstić information content (AvgIpc) is 2.97. The van der Waals surface area contributed by atoms with Crippen molar-refractivity contribution in [3.63, 3.8) is 0 Å². The summed E-state index contributed by atoms with van der Waals surface area (Å²) in [5, 5.41) is 8.91. The van der Waals surface area contributed by atoms with Crippen LogP contribution < -0.4 is 0 Å². The Labute approximate surface area is 117 Å². The van der Waals surface area contributed by atoms with E-state index in [1.54, 1.807) is 25.1 Å². The van der Waals surface area contributed by atoms with E-state index in [0.717, 1.165) is 0 Å². The van der Waals surface area contributed by atoms with Crippen molar-refractivity contribution >= 4 is 10.0 Å². The number of aliphatic hydroxyl groups is 1. The van der Waals surface area contributed by atoms with Gasteiger partial charge in [-0.25, -0.2) is 13.4 Å². The van der Waals surface area contributed by atoms with Crippen LogP contribution in [0.5, 0.6) is 0 Å². The lowest BCUT2D eigenvalue weighted by Gasteiger charge is -2.18. The van der Waals surface area contributed by atoms with E-state index in [0.29, 0.717) is 17.9 Å². The molecular formula is C13H16N2O4S. The Kier molecular flexibility index (Phi) is 4.53. The molecule has 6 nitrogen and oxygen atoms in total. The van der Waals surface area contributed by atoms with Crippen molar-refractivity contribution in [2.75, 3.05) is 6.54 Å². The zero-order chi connectivity index (χ0) is 14.6. The predicted octanol–water partition coefficient (Wildman–Crippen LogP) is 1.38. The third-order valence-electron chi connectivity index (χ3n) is 2.85. The Morgan fingerprint density at radius 3 is 2.65 bits per heavy atom. The summed E-state index contributed by atoms with van der Waals surface area (Å²) < 4.78 is 31.4. The van der Waals surface area contributed by atoms with E-state index < -0.39 is 10.0 Å². The molecule has 0 atom stereocenters. The molecule has 0 spiro atoms. The van der Waals surface area contributed by atoms with Crippen molar-refractivity contribution in [2.45, 2.75) is 25.1 Å². The van der Waals surface area contributed by atoms with E-state index in [9.17, 15) is 8.42 Å². The monoisotopic (exact) mass is 296 g/mol. The second-order valence-corrected chi connectivity index (χ2v) is 6.06. The summed E-state index contributed by atoms with van der Waals surface area (Å²) in [5.74, 6) is 0.572. The number of pyridine rings is 1. The minimum Gasteiger partial charge on any atom is -0.468 e. The smallest absolute Gasteiger partial charge is 0.260 e. The van der Waals surface area contributed by atoms with Crippen LogP contribution in [0.4, 0.5) is 0 Å². The standard InChI is InChI=1S/C13H16N2O4S/c1-2-15(9-12-4-3-7-19-12)20(17,18)13-6-5-11(10-16)8-14-13/h3-8,16H,2,9-10H2,1H3. The molecule has 7 heteroatoms. The van der Waals surface area contributed by atoms with Gasteiger partial charge in [0, 0.05) is 12.7 Å². The maximum atomic E-state index is 12.4. The number of hydrogen-bond donors (Lipinski definition) is 1. The first-order valence-electron chi connectivity index (χ1n) is 6.16. The van der Waals surface area contributed by atoms with Crippen molar-refractivity contribution in [1.82, 2.24) is 9.29 Å². The number of nitrogens with zero attached hydrogens (tertiary/aromatic N) is 2. The summed E-state index contributed by atoms with van der Waals surface area (Å²) in [6.45, 7) is 2.06. The minimum absolute atomic E-state index is 0.0388. The molecule has 20 heavy (non-hydrogen) atoms. The van der Waals surface area contributed by atoms with Crippen LogP contribution in [-0.4, -0.2) is 29.4 Å². The number of aliphatic hydroxyl groups excluding tert-OH is 1. The first kappa shape index (κ1) is 14.7. The Morgan fingerprint density at radius 2 is 2.15 bits per heavy atom. The van der Waals surface area contributed by atoms with Crippen LogP contribution in [0.1, 0.15) is 18.2 Å². The van der Waals surface area contributed by atoms with Gasteiger partial charge in [-0.3, -0.25) is 0 Å². The number of hydrogen-bond acceptors (Lipinski definition) is 5. The van der Waals surface area contributed by atoms with Gasteiger partial charge in [0.2, 0.25) is 0 Å². The highest BCUT2D eigenvalue weighted by atomic mass is 32.2. The molecule has 1 N–H and O–H groups in total. The molecule has 0 saturated heterocycles. The number of rotatable bonds is 6. The highest BCUT2D eigenvalue weighted by Gasteiger charge is 2.25. The van der Waals surface area contributed by atoms with E-state index in [1.807, 2.05) is 0 Å². The summed E-state index contributed by atoms with van der Waals surface area (Å²) in [7, 11) is -3.67. The number of sulfonamides is 1. The van der Waals surface area contributed by atoms with Gasteiger partial charge >= 0.3 is 0 Å². The van der Waals surface area contributed by atoms with E-state index in [-0.39, 0.29) is 18.2 Å². The molecule has 2 aromatic rings. The molecule has 2 aromatic heterocycles. The van der Waals surface area contributed by atoms with Crippen LogP contribution in [-0.2, 0) is 23.2 Å². The molecule has 108 valence electrons. The summed E-state index contributed by atoms with van der Waals surface area (Å²) in [6, 6.07) is 6.37. The highest BCUT2D eigenvalue weighted by Crippen LogP contribution is 2.17. The maximum absolute atomic E-state index is 12.4. The third kappa shape index (κ3) is 3.06. The van der Waals surface area contributed by atoms with Crippen LogP contribution in [0.3, 0.4) is 0 Å². The maximum Gasteiger partial charge on any atom is 0.260 e. The van der Waals surface area contributed by atoms with Gasteiger partial charge in [0.15, 0.2) is 5.03 Å². The Bertz CT molecular complexity index is 636. The van der Waals surface area contributed by atoms with Gasteiger partial charge in [0.1, 0.15) is 5.76 Å². The molecule has 0 saturated carbocycles. The van der Waals surface area contributed by atoms with Gasteiger partial charge in [0.25, 0.3) is 10.0 Å². The van der Waals surface area contributed by atoms with Crippen molar-refractivity contribution in [2.24, 2.45) is 0 Å². The van der Waals surface area contributed by atoms with E-state index in [4.69, 9.17) is 9.52 Å². The molecule has 2 heterocycles. The first-order valence-corrected chi connectivity index (χ1v) is 7.60. The summed E-state index contributed by atoms with van der Waals surface area (Å²) in [5.41, 5.74) is 0.568. The highest BCUT2D eigenvalue weighted by molar-refractivity contribution is 7.89. The van der Waals surface area contributed by atoms with Gasteiger partial charge in [0.05, 0.1) is 19.4 Å². The fraction of sp³-hybridized carbons (Fsp3) is 0.308. The SMILES string of the molecule is CCN(Cc1ccco1)S(=O)(=O)c1ccc(CO)cn1. The second-order valence-electron chi connectivity index (χ2n) is 4.17. The van der Waals surface area contributed by atoms with Crippen LogP contribution in [0.25, 0.3) is 0 Å². The molecule has 0 aliphatic heterocycles. The Hall–Kier alpha value is -1.70. The zero-order valence-corrected chi connectivity index (χ0v) is 11.9. The largest absolute Gasteiger partial charge is 0.468 e. The molecule has 0 aromatic carbocycles. The molecule has 0 unspecified atom stereocenters. The quantitative estimate of drug-likeness (QED) is 0.870. The Morgan fingerprint density at radius 1 is 1.35 bits per heavy atom. The lowest BCUT2D eigenvalue weighted by Crippen LogP contribution is -2.30. The average molecular weight is 296 g/mol. The van der Waals surface area contributed by atoms with Crippen LogP contribution in [0, 0.1) is 0 Å². The van der Waals surface area contributed by atoms with Gasteiger partial charge in [-0.05, 0) is 23.8 Å². The molecule has 2 rings (SSSR count). The Balaban J connectivity index is 2.26. The molecular weight excluding hydrogens is 280 g/mol. The molecule has 0 amide bonds. The molecule has 0 radical (unpaired) electrons. The fourth-order valence-corrected chi connectivity index (χ4v) is 3.06. The first-order chi connectivity index (χ1) is 9.57. The second kappa shape index (κ2) is 6.17. The fourth-order valence-electron chi connectivity index (χ4n) is 1.73. The van der Waals surface area contributed by atoms with E-state index in [1.165, 1.54) is 22.8 Å². The van der Waals surface area contributed by atoms with E-state index in [2.05, 4.69) is 4.98 Å². The van der Waals surface area contributed by atoms with Crippen molar-refractivity contribution in [3.05, 3.63) is 48.0 Å². The van der Waals surface area contributed by atoms with Gasteiger partial charge in [-0.15, -0.1) is 0 Å². The minimum atomic E-state index is -3.67. The van der Waals surface area contributed by atoms with Gasteiger partial charge in [-0.1, -0.05) is 13.0 Å². The lowest BCUT2D eigenvalue weighted by atomic mass is 10.3. The number of furan rings is 1. The summed E-state index contributed by atoms with van der Waals surface area (Å²) >= 11 is 0. The molecule has 0 aliphatic carbocycles. The molecule has 0 bridgehead atoms. The van der Waals surface area contributed by atoms with E-state index >= 15 is 0 Å². The molecule has 0 aliphatic rings. The van der Waals surface area contributed by atoms with Gasteiger partial charge < -0.3 is 9.52 Å². The zero-order valence-electron chi connectivity index (χ0n) is 11.1. The number of aromatic nitrogens is 1. The normalized spacial score (nSPS) is 11.9. The topological polar surface area (TPSA) is 83.6 Å². The van der Waals surface area contributed by atoms with Crippen LogP contribution in [0.2, 0.25) is 0 Å². The summed E-state index contributed by atoms with van der Waals surface area (Å²) in [4.78, 5) is 3.90. The lowest BCUT2D eigenvalue weighted by molar-refractivity contribution is 0.281. The summed E-state index contributed by atoms with van der Waals surface area (Å²) in [6.07, 6.45) is 2.86. The predicted molar refractivity (Wildman–Crippen MR) is 72.1 cm³/mol. The van der Waals surface area contributed by atoms with Crippen LogP contribution in [0.15, 0.2) is 46.2 Å².